The fraction of sp³-hybridized carbons (Fsp3) is 0.611. The topological polar surface area (TPSA) is 89.3 Å². The van der Waals surface area contributed by atoms with Crippen molar-refractivity contribution in [3.63, 3.8) is 0 Å². The van der Waals surface area contributed by atoms with Gasteiger partial charge < -0.3 is 4.90 Å². The van der Waals surface area contributed by atoms with Crippen LogP contribution in [0.3, 0.4) is 0 Å². The molecule has 1 atom stereocenters. The number of aryl methyl sites for hydroxylation is 2. The highest BCUT2D eigenvalue weighted by molar-refractivity contribution is 7.99. The summed E-state index contributed by atoms with van der Waals surface area (Å²) in [6, 6.07) is -0.255. The highest BCUT2D eigenvalue weighted by Crippen LogP contribution is 2.28. The highest BCUT2D eigenvalue weighted by Gasteiger charge is 2.33. The first-order valence-electron chi connectivity index (χ1n) is 9.31. The lowest BCUT2D eigenvalue weighted by atomic mass is 10.2. The molecule has 0 aromatic carbocycles. The average Bonchev–Trinajstić information content (AvgIpc) is 3.13. The van der Waals surface area contributed by atoms with Crippen molar-refractivity contribution < 1.29 is 13.2 Å². The van der Waals surface area contributed by atoms with Crippen LogP contribution in [-0.4, -0.2) is 58.6 Å². The minimum absolute atomic E-state index is 0.0366. The van der Waals surface area contributed by atoms with E-state index in [2.05, 4.69) is 4.98 Å². The Morgan fingerprint density at radius 3 is 2.64 bits per heavy atom. The molecular formula is C18H25N3O4S3. The van der Waals surface area contributed by atoms with Crippen LogP contribution in [0, 0.1) is 13.8 Å². The molecule has 0 aliphatic carbocycles. The maximum absolute atomic E-state index is 12.9. The number of aromatic nitrogens is 2. The summed E-state index contributed by atoms with van der Waals surface area (Å²) in [6.07, 6.45) is 0.490. The van der Waals surface area contributed by atoms with E-state index in [9.17, 15) is 18.0 Å². The van der Waals surface area contributed by atoms with Crippen LogP contribution in [0.1, 0.15) is 30.7 Å². The average molecular weight is 444 g/mol. The van der Waals surface area contributed by atoms with Gasteiger partial charge in [-0.3, -0.25) is 14.2 Å². The highest BCUT2D eigenvalue weighted by atomic mass is 32.2. The number of thiophene rings is 1. The van der Waals surface area contributed by atoms with Gasteiger partial charge in [-0.1, -0.05) is 11.8 Å². The standard InChI is InChI=1S/C18H25N3O4S3/c1-5-20(13-7-8-28(24,25)10-13)14(22)9-26-18-19-16-15(11(3)12(4)27-16)17(23)21(18)6-2/h13H,5-10H2,1-4H3/t13-/m1/s1. The van der Waals surface area contributed by atoms with Crippen molar-refractivity contribution in [2.24, 2.45) is 0 Å². The van der Waals surface area contributed by atoms with E-state index in [1.807, 2.05) is 27.7 Å². The molecule has 0 saturated carbocycles. The zero-order valence-electron chi connectivity index (χ0n) is 16.5. The summed E-state index contributed by atoms with van der Waals surface area (Å²) >= 11 is 2.74. The lowest BCUT2D eigenvalue weighted by Crippen LogP contribution is -2.42. The summed E-state index contributed by atoms with van der Waals surface area (Å²) in [4.78, 5) is 33.7. The Morgan fingerprint density at radius 1 is 1.36 bits per heavy atom. The Kier molecular flexibility index (Phi) is 6.21. The number of amides is 1. The van der Waals surface area contributed by atoms with Gasteiger partial charge in [-0.25, -0.2) is 13.4 Å². The van der Waals surface area contributed by atoms with Crippen molar-refractivity contribution in [1.82, 2.24) is 14.5 Å². The Bertz CT molecular complexity index is 1070. The largest absolute Gasteiger partial charge is 0.338 e. The quantitative estimate of drug-likeness (QED) is 0.502. The molecule has 0 N–H and O–H groups in total. The summed E-state index contributed by atoms with van der Waals surface area (Å²) in [7, 11) is -3.05. The molecule has 2 aromatic rings. The third-order valence-electron chi connectivity index (χ3n) is 5.21. The van der Waals surface area contributed by atoms with Crippen molar-refractivity contribution in [2.75, 3.05) is 23.8 Å². The van der Waals surface area contributed by atoms with Crippen LogP contribution in [0.2, 0.25) is 0 Å². The number of nitrogens with zero attached hydrogens (tertiary/aromatic N) is 3. The molecule has 3 heterocycles. The molecule has 1 aliphatic heterocycles. The predicted octanol–water partition coefficient (Wildman–Crippen LogP) is 2.22. The number of hydrogen-bond acceptors (Lipinski definition) is 7. The van der Waals surface area contributed by atoms with Crippen LogP contribution < -0.4 is 5.56 Å². The van der Waals surface area contributed by atoms with Crippen molar-refractivity contribution in [3.05, 3.63) is 20.8 Å². The monoisotopic (exact) mass is 443 g/mol. The van der Waals surface area contributed by atoms with E-state index in [0.717, 1.165) is 10.4 Å². The van der Waals surface area contributed by atoms with Crippen LogP contribution in [0.15, 0.2) is 9.95 Å². The Hall–Kier alpha value is -1.39. The molecule has 28 heavy (non-hydrogen) atoms. The zero-order valence-corrected chi connectivity index (χ0v) is 19.0. The summed E-state index contributed by atoms with van der Waals surface area (Å²) in [5, 5.41) is 1.19. The number of carbonyl (C=O) groups excluding carboxylic acids is 1. The van der Waals surface area contributed by atoms with Crippen LogP contribution >= 0.6 is 23.1 Å². The molecule has 0 unspecified atom stereocenters. The van der Waals surface area contributed by atoms with Gasteiger partial charge in [-0.2, -0.15) is 0 Å². The van der Waals surface area contributed by atoms with Crippen molar-refractivity contribution in [3.8, 4) is 0 Å². The second-order valence-corrected chi connectivity index (χ2v) is 11.3. The van der Waals surface area contributed by atoms with Crippen LogP contribution in [-0.2, 0) is 21.2 Å². The summed E-state index contributed by atoms with van der Waals surface area (Å²) in [5.74, 6) is 0.185. The van der Waals surface area contributed by atoms with Crippen molar-refractivity contribution in [2.45, 2.75) is 51.9 Å². The van der Waals surface area contributed by atoms with Gasteiger partial charge in [0.15, 0.2) is 15.0 Å². The maximum atomic E-state index is 12.9. The molecule has 1 aliphatic rings. The Labute approximate surface area is 173 Å². The third kappa shape index (κ3) is 3.99. The number of fused-ring (bicyclic) bond motifs is 1. The maximum Gasteiger partial charge on any atom is 0.263 e. The Balaban J connectivity index is 1.82. The molecule has 0 bridgehead atoms. The first-order valence-corrected chi connectivity index (χ1v) is 12.9. The van der Waals surface area contributed by atoms with Gasteiger partial charge >= 0.3 is 0 Å². The molecule has 0 radical (unpaired) electrons. The van der Waals surface area contributed by atoms with Crippen molar-refractivity contribution >= 4 is 49.1 Å². The molecule has 1 amide bonds. The SMILES string of the molecule is CCN(C(=O)CSc1nc2sc(C)c(C)c2c(=O)n1CC)[C@@H]1CCS(=O)(=O)C1. The van der Waals surface area contributed by atoms with Gasteiger partial charge in [0.25, 0.3) is 5.56 Å². The van der Waals surface area contributed by atoms with Gasteiger partial charge in [0.05, 0.1) is 22.6 Å². The lowest BCUT2D eigenvalue weighted by Gasteiger charge is -2.26. The fourth-order valence-electron chi connectivity index (χ4n) is 3.57. The van der Waals surface area contributed by atoms with E-state index in [1.165, 1.54) is 23.1 Å². The number of thioether (sulfide) groups is 1. The molecular weight excluding hydrogens is 418 g/mol. The third-order valence-corrected chi connectivity index (χ3v) is 9.02. The first kappa shape index (κ1) is 21.3. The second kappa shape index (κ2) is 8.16. The van der Waals surface area contributed by atoms with E-state index >= 15 is 0 Å². The second-order valence-electron chi connectivity index (χ2n) is 6.93. The smallest absolute Gasteiger partial charge is 0.263 e. The van der Waals surface area contributed by atoms with E-state index in [-0.39, 0.29) is 34.8 Å². The molecule has 10 heteroatoms. The van der Waals surface area contributed by atoms with Crippen LogP contribution in [0.4, 0.5) is 0 Å². The molecule has 7 nitrogen and oxygen atoms in total. The van der Waals surface area contributed by atoms with E-state index < -0.39 is 9.84 Å². The molecule has 0 spiro atoms. The van der Waals surface area contributed by atoms with Gasteiger partial charge in [0, 0.05) is 24.0 Å². The lowest BCUT2D eigenvalue weighted by molar-refractivity contribution is -0.129. The molecule has 1 saturated heterocycles. The summed E-state index contributed by atoms with van der Waals surface area (Å²) in [5.41, 5.74) is 0.894. The van der Waals surface area contributed by atoms with E-state index in [0.29, 0.717) is 34.9 Å². The number of hydrogen-bond donors (Lipinski definition) is 0. The summed E-state index contributed by atoms with van der Waals surface area (Å²) < 4.78 is 25.1. The molecule has 3 rings (SSSR count). The van der Waals surface area contributed by atoms with Crippen LogP contribution in [0.25, 0.3) is 10.2 Å². The van der Waals surface area contributed by atoms with Gasteiger partial charge in [-0.05, 0) is 39.7 Å². The van der Waals surface area contributed by atoms with Gasteiger partial charge in [-0.15, -0.1) is 11.3 Å². The normalized spacial score (nSPS) is 18.6. The zero-order chi connectivity index (χ0) is 20.6. The summed E-state index contributed by atoms with van der Waals surface area (Å²) in [6.45, 7) is 8.60. The minimum Gasteiger partial charge on any atom is -0.338 e. The van der Waals surface area contributed by atoms with E-state index in [4.69, 9.17) is 0 Å². The van der Waals surface area contributed by atoms with Crippen molar-refractivity contribution in [1.29, 1.82) is 0 Å². The molecule has 1 fully saturated rings. The number of rotatable bonds is 6. The van der Waals surface area contributed by atoms with Gasteiger partial charge in [0.2, 0.25) is 5.91 Å². The van der Waals surface area contributed by atoms with E-state index in [1.54, 1.807) is 9.47 Å². The fourth-order valence-corrected chi connectivity index (χ4v) is 7.32. The number of sulfone groups is 1. The molecule has 2 aromatic heterocycles. The first-order chi connectivity index (χ1) is 13.2. The van der Waals surface area contributed by atoms with Gasteiger partial charge in [0.1, 0.15) is 4.83 Å². The van der Waals surface area contributed by atoms with Crippen LogP contribution in [0.5, 0.6) is 0 Å². The number of carbonyl (C=O) groups is 1. The molecule has 154 valence electrons. The Morgan fingerprint density at radius 2 is 2.07 bits per heavy atom. The predicted molar refractivity (Wildman–Crippen MR) is 114 cm³/mol. The minimum atomic E-state index is -3.05.